The van der Waals surface area contributed by atoms with Gasteiger partial charge in [0, 0.05) is 23.7 Å². The topological polar surface area (TPSA) is 29.4 Å². The van der Waals surface area contributed by atoms with Gasteiger partial charge in [-0.05, 0) is 0 Å². The van der Waals surface area contributed by atoms with Crippen molar-refractivity contribution >= 4 is 16.1 Å². The van der Waals surface area contributed by atoms with Gasteiger partial charge in [-0.2, -0.15) is 0 Å². The van der Waals surface area contributed by atoms with Crippen LogP contribution in [0.25, 0.3) is 0 Å². The van der Waals surface area contributed by atoms with Crippen molar-refractivity contribution in [3.8, 4) is 0 Å². The summed E-state index contributed by atoms with van der Waals surface area (Å²) in [6.07, 6.45) is 0. The van der Waals surface area contributed by atoms with Crippen LogP contribution in [0.1, 0.15) is 0 Å². The number of rotatable bonds is 0. The molecule has 4 heteroatoms. The summed E-state index contributed by atoms with van der Waals surface area (Å²) < 4.78 is 2.06. The number of hydrogen-bond donors (Lipinski definition) is 0. The van der Waals surface area contributed by atoms with Crippen molar-refractivity contribution in [1.29, 1.82) is 0 Å². The molecule has 0 fully saturated rings. The smallest absolute Gasteiger partial charge is 0.126 e. The summed E-state index contributed by atoms with van der Waals surface area (Å²) in [7, 11) is 0. The Labute approximate surface area is 45.0 Å². The monoisotopic (exact) mass is 212 g/mol. The maximum absolute atomic E-state index is 8.47. The van der Waals surface area contributed by atoms with Gasteiger partial charge in [0.2, 0.25) is 0 Å². The molecule has 0 N–H and O–H groups in total. The second kappa shape index (κ2) is 9.33. The zero-order valence-electron chi connectivity index (χ0n) is 1.57. The number of halogens is 1. The molecule has 0 aliphatic heterocycles. The van der Waals surface area contributed by atoms with Crippen LogP contribution in [0.5, 0.6) is 0 Å². The van der Waals surface area contributed by atoms with Gasteiger partial charge < -0.3 is 0 Å². The number of nitroso groups, excluding NO2 is 1. The molecule has 4 heavy (non-hydrogen) atoms. The minimum Gasteiger partial charge on any atom is -0.137 e. The van der Waals surface area contributed by atoms with Crippen molar-refractivity contribution in [3.63, 3.8) is 0 Å². The van der Waals surface area contributed by atoms with Gasteiger partial charge in [0.1, 0.15) is 16.1 Å². The molecule has 0 amide bonds. The molecule has 0 bridgehead atoms. The fraction of sp³-hybridized carbons (Fsp3) is 0. The zero-order valence-corrected chi connectivity index (χ0v) is 4.79. The Bertz CT molecular complexity index is 15.5. The van der Waals surface area contributed by atoms with E-state index in [1.807, 2.05) is 0 Å². The van der Waals surface area contributed by atoms with E-state index in [4.69, 9.17) is 4.91 Å². The standard InChI is InChI=1S/BrNO.Rh/c1-2-3;. The maximum atomic E-state index is 8.47. The summed E-state index contributed by atoms with van der Waals surface area (Å²) in [6.45, 7) is 0. The molecule has 0 aromatic rings. The summed E-state index contributed by atoms with van der Waals surface area (Å²) in [5.74, 6) is 0. The Balaban J connectivity index is 0. The van der Waals surface area contributed by atoms with Gasteiger partial charge in [-0.3, -0.25) is 0 Å². The molecule has 0 rings (SSSR count). The molecule has 0 aromatic carbocycles. The van der Waals surface area contributed by atoms with Crippen LogP contribution in [0, 0.1) is 4.91 Å². The van der Waals surface area contributed by atoms with Gasteiger partial charge in [-0.1, -0.05) is 0 Å². The van der Waals surface area contributed by atoms with E-state index in [0.29, 0.717) is 0 Å². The van der Waals surface area contributed by atoms with Crippen LogP contribution in [-0.2, 0) is 19.5 Å². The number of hydrogen-bond acceptors (Lipinski definition) is 2. The van der Waals surface area contributed by atoms with Gasteiger partial charge in [0.15, 0.2) is 0 Å². The van der Waals surface area contributed by atoms with Crippen molar-refractivity contribution in [2.45, 2.75) is 0 Å². The Morgan fingerprint density at radius 3 is 1.75 bits per heavy atom. The second-order valence-electron chi connectivity index (χ2n) is 0.0690. The molecular weight excluding hydrogens is 213 g/mol. The minimum atomic E-state index is 0. The van der Waals surface area contributed by atoms with Crippen LogP contribution in [0.2, 0.25) is 0 Å². The normalized spacial score (nSPS) is 3.25. The molecule has 2 nitrogen and oxygen atoms in total. The first-order valence-corrected chi connectivity index (χ1v) is 1.06. The molecule has 0 saturated carbocycles. The van der Waals surface area contributed by atoms with Crippen LogP contribution in [0.4, 0.5) is 0 Å². The third-order valence-corrected chi connectivity index (χ3v) is 0. The molecule has 0 aliphatic carbocycles. The Kier molecular flexibility index (Phi) is 20.6. The average Bonchev–Trinajstić information content (AvgIpc) is 0.918. The van der Waals surface area contributed by atoms with Gasteiger partial charge in [0.25, 0.3) is 0 Å². The van der Waals surface area contributed by atoms with Gasteiger partial charge >= 0.3 is 0 Å². The Morgan fingerprint density at radius 2 is 1.75 bits per heavy atom. The van der Waals surface area contributed by atoms with Crippen molar-refractivity contribution in [2.24, 2.45) is 4.20 Å². The predicted molar refractivity (Wildman–Crippen MR) is 14.7 cm³/mol. The first kappa shape index (κ1) is 8.83. The molecule has 0 unspecified atom stereocenters. The van der Waals surface area contributed by atoms with E-state index in [1.165, 1.54) is 0 Å². The Morgan fingerprint density at radius 1 is 1.75 bits per heavy atom. The summed E-state index contributed by atoms with van der Waals surface area (Å²) >= 11 is 2.22. The molecular formula is BrNORh. The SMILES string of the molecule is O=NBr.[Rh]. The molecule has 1 radical (unpaired) electrons. The van der Waals surface area contributed by atoms with E-state index in [2.05, 4.69) is 20.4 Å². The van der Waals surface area contributed by atoms with E-state index < -0.39 is 0 Å². The first-order valence-electron chi connectivity index (χ1n) is 0.352. The molecule has 0 spiro atoms. The average molecular weight is 213 g/mol. The molecule has 0 atom stereocenters. The third-order valence-electron chi connectivity index (χ3n) is 0. The Hall–Kier alpha value is 0.703. The fourth-order valence-corrected chi connectivity index (χ4v) is 0. The first-order chi connectivity index (χ1) is 1.41. The molecule has 0 aromatic heterocycles. The fourth-order valence-electron chi connectivity index (χ4n) is 0. The molecule has 0 heterocycles. The van der Waals surface area contributed by atoms with Crippen LogP contribution in [0.15, 0.2) is 4.20 Å². The van der Waals surface area contributed by atoms with Crippen LogP contribution in [-0.4, -0.2) is 0 Å². The van der Waals surface area contributed by atoms with Gasteiger partial charge in [-0.15, -0.1) is 4.91 Å². The minimum absolute atomic E-state index is 0. The quantitative estimate of drug-likeness (QED) is 0.436. The van der Waals surface area contributed by atoms with E-state index in [-0.39, 0.29) is 19.5 Å². The maximum Gasteiger partial charge on any atom is 0.126 e. The number of nitrogens with zero attached hydrogens (tertiary/aromatic N) is 1. The van der Waals surface area contributed by atoms with Gasteiger partial charge in [0.05, 0.1) is 0 Å². The third kappa shape index (κ3) is 15.9. The molecule has 27 valence electrons. The van der Waals surface area contributed by atoms with Crippen LogP contribution >= 0.6 is 16.1 Å². The van der Waals surface area contributed by atoms with Crippen molar-refractivity contribution in [1.82, 2.24) is 0 Å². The van der Waals surface area contributed by atoms with E-state index in [9.17, 15) is 0 Å². The van der Waals surface area contributed by atoms with Crippen LogP contribution in [0.3, 0.4) is 0 Å². The summed E-state index contributed by atoms with van der Waals surface area (Å²) in [4.78, 5) is 8.47. The second-order valence-corrected chi connectivity index (χ2v) is 0.359. The summed E-state index contributed by atoms with van der Waals surface area (Å²) in [5.41, 5.74) is 0. The predicted octanol–water partition coefficient (Wildman–Crippen LogP) is 1.06. The van der Waals surface area contributed by atoms with Crippen LogP contribution < -0.4 is 0 Å². The van der Waals surface area contributed by atoms with Crippen molar-refractivity contribution < 1.29 is 19.5 Å². The van der Waals surface area contributed by atoms with Crippen molar-refractivity contribution in [3.05, 3.63) is 4.91 Å². The molecule has 0 saturated heterocycles. The van der Waals surface area contributed by atoms with E-state index in [0.717, 1.165) is 0 Å². The largest absolute Gasteiger partial charge is 0.137 e. The van der Waals surface area contributed by atoms with E-state index >= 15 is 0 Å². The summed E-state index contributed by atoms with van der Waals surface area (Å²) in [5, 5.41) is 0. The summed E-state index contributed by atoms with van der Waals surface area (Å²) in [6, 6.07) is 0. The van der Waals surface area contributed by atoms with Gasteiger partial charge in [-0.25, -0.2) is 0 Å². The molecule has 0 aliphatic rings. The van der Waals surface area contributed by atoms with E-state index in [1.54, 1.807) is 0 Å². The van der Waals surface area contributed by atoms with Crippen molar-refractivity contribution in [2.75, 3.05) is 0 Å². The zero-order chi connectivity index (χ0) is 2.71.